The van der Waals surface area contributed by atoms with Crippen molar-refractivity contribution in [3.05, 3.63) is 254 Å². The average Bonchev–Trinajstić information content (AvgIpc) is 1.57. The minimum absolute atomic E-state index is 0.00856. The first kappa shape index (κ1) is 115. The van der Waals surface area contributed by atoms with E-state index >= 15 is 0 Å². The molecule has 0 bridgehead atoms. The molecule has 0 radical (unpaired) electrons. The zero-order valence-electron chi connectivity index (χ0n) is 72.5. The summed E-state index contributed by atoms with van der Waals surface area (Å²) in [5.41, 5.74) is -4.97. The van der Waals surface area contributed by atoms with Gasteiger partial charge in [-0.15, -0.1) is 0 Å². The second-order valence-corrected chi connectivity index (χ2v) is 41.9. The van der Waals surface area contributed by atoms with Crippen molar-refractivity contribution in [3.8, 4) is 9.86 Å². The van der Waals surface area contributed by atoms with Crippen LogP contribution in [0.5, 0.6) is 0 Å². The zero-order chi connectivity index (χ0) is 99.0. The van der Waals surface area contributed by atoms with Crippen LogP contribution in [0.25, 0.3) is 11.6 Å². The molecule has 6 aromatic heterocycles. The number of nitrogens with zero attached hydrogens (tertiary/aromatic N) is 9. The summed E-state index contributed by atoms with van der Waals surface area (Å²) >= 11 is 32.3. The van der Waals surface area contributed by atoms with Gasteiger partial charge in [0.15, 0.2) is 6.29 Å². The van der Waals surface area contributed by atoms with Crippen LogP contribution >= 0.6 is 69.6 Å². The van der Waals surface area contributed by atoms with E-state index in [1.54, 1.807) is 50.3 Å². The largest absolute Gasteiger partial charge is 0.478 e. The molecule has 2 N–H and O–H groups in total. The van der Waals surface area contributed by atoms with Crippen molar-refractivity contribution in [2.24, 2.45) is 10.3 Å². The summed E-state index contributed by atoms with van der Waals surface area (Å²) in [5, 5.41) is 23.0. The Morgan fingerprint density at radius 2 is 0.900 bits per heavy atom. The van der Waals surface area contributed by atoms with E-state index in [4.69, 9.17) is 84.8 Å². The minimum atomic E-state index is -5.11. The van der Waals surface area contributed by atoms with E-state index in [0.717, 1.165) is 43.3 Å². The average molecular weight is 2060 g/mol. The number of carbonyl (C=O) groups is 7. The second-order valence-electron chi connectivity index (χ2n) is 27.5. The third-order valence-corrected chi connectivity index (χ3v) is 32.6. The second kappa shape index (κ2) is 54.8. The van der Waals surface area contributed by atoms with Gasteiger partial charge in [-0.1, -0.05) is 104 Å². The molecule has 1 aliphatic rings. The molecule has 0 amide bonds. The van der Waals surface area contributed by atoms with E-state index in [1.807, 2.05) is 25.2 Å². The van der Waals surface area contributed by atoms with Gasteiger partial charge in [0.05, 0.1) is 115 Å². The van der Waals surface area contributed by atoms with Crippen LogP contribution in [0.1, 0.15) is 207 Å². The monoisotopic (exact) mass is 2060 g/mol. The van der Waals surface area contributed by atoms with E-state index in [2.05, 4.69) is 108 Å². The van der Waals surface area contributed by atoms with Gasteiger partial charge in [-0.3, -0.25) is 4.79 Å². The first-order valence-corrected chi connectivity index (χ1v) is 47.9. The number of hydrogen-bond donors (Lipinski definition) is 2. The first-order chi connectivity index (χ1) is 60.7. The third kappa shape index (κ3) is 37.3. The number of allylic oxidation sites excluding steroid dienone is 1. The van der Waals surface area contributed by atoms with Crippen LogP contribution < -0.4 is 0 Å². The van der Waals surface area contributed by atoms with Gasteiger partial charge in [0.1, 0.15) is 42.3 Å². The van der Waals surface area contributed by atoms with Gasteiger partial charge in [-0.25, -0.2) is 58.7 Å². The van der Waals surface area contributed by atoms with Crippen molar-refractivity contribution in [2.75, 3.05) is 49.6 Å². The predicted octanol–water partition coefficient (Wildman–Crippen LogP) is 23.7. The van der Waals surface area contributed by atoms with Crippen molar-refractivity contribution in [1.29, 1.82) is 0 Å². The SMILES string of the molecule is C=C(c1cc(C)cc(C(F)(F)F)c1)C(F)(F)F.CC#[C][Sn]([CH2]CCC)([CH2]CCC)[CH2]CCC.COC(=O)c1ccc(/C=C/N(C)C)nc1Cl.COC(=O)c1ccc(C)nc1Cl.COC(=O)c1ccc(C2=NOC(c3cc(C)cc(C(F)(F)F)c3)(C(F)(F)F)C2)nc1Cl.COC(=O)c1ccc(C=NO)nc1Cl.COC(=O)c1ccc(C=O)nc1Cl.Cc1ccc(C(=O)O)c(Cl)n1. The van der Waals surface area contributed by atoms with Crippen LogP contribution in [-0.4, -0.2) is 180 Å². The van der Waals surface area contributed by atoms with E-state index in [1.165, 1.54) is 137 Å². The molecule has 9 rings (SSSR count). The summed E-state index contributed by atoms with van der Waals surface area (Å²) in [4.78, 5) is 106. The van der Waals surface area contributed by atoms with Crippen LogP contribution in [0.2, 0.25) is 44.2 Å². The summed E-state index contributed by atoms with van der Waals surface area (Å²) in [7, 11) is 10.0. The Balaban J connectivity index is 0.000000516. The summed E-state index contributed by atoms with van der Waals surface area (Å²) in [6.45, 7) is 17.8. The number of esters is 5. The molecule has 0 aliphatic carbocycles. The molecule has 0 fully saturated rings. The fraction of sp³-hybridized carbons (Fsp3) is 0.345. The smallest absolute Gasteiger partial charge is 0.435 e. The summed E-state index contributed by atoms with van der Waals surface area (Å²) in [5.74, 6) is -0.667. The van der Waals surface area contributed by atoms with Gasteiger partial charge >= 0.3 is 168 Å². The fourth-order valence-electron chi connectivity index (χ4n) is 10.9. The van der Waals surface area contributed by atoms with Crippen molar-refractivity contribution in [1.82, 2.24) is 34.8 Å². The molecule has 130 heavy (non-hydrogen) atoms. The number of benzene rings is 2. The number of oxime groups is 2. The molecular formula is C87H91Cl6F12N9O15Sn. The number of carboxylic acid groups (broad SMARTS) is 1. The number of unbranched alkanes of at least 4 members (excludes halogenated alkanes) is 3. The van der Waals surface area contributed by atoms with Crippen LogP contribution in [0.4, 0.5) is 52.7 Å². The number of rotatable bonds is 22. The van der Waals surface area contributed by atoms with Crippen molar-refractivity contribution in [2.45, 2.75) is 144 Å². The maximum absolute atomic E-state index is 14.1. The number of carboxylic acids is 1. The quantitative estimate of drug-likeness (QED) is 0.00608. The van der Waals surface area contributed by atoms with Gasteiger partial charge < -0.3 is 43.7 Å². The number of methoxy groups -OCH3 is 5. The summed E-state index contributed by atoms with van der Waals surface area (Å²) in [6, 6.07) is 22.1. The Bertz CT molecular complexity index is 5370. The van der Waals surface area contributed by atoms with Gasteiger partial charge in [-0.2, -0.15) is 52.7 Å². The van der Waals surface area contributed by atoms with Gasteiger partial charge in [0.25, 0.3) is 5.60 Å². The number of aromatic carboxylic acids is 1. The molecule has 2 aromatic carbocycles. The molecule has 1 atom stereocenters. The van der Waals surface area contributed by atoms with Crippen LogP contribution in [0.15, 0.2) is 132 Å². The maximum atomic E-state index is 14.1. The third-order valence-electron chi connectivity index (χ3n) is 17.4. The Kier molecular flexibility index (Phi) is 48.7. The Hall–Kier alpha value is -10.7. The normalized spacial score (nSPS) is 12.6. The molecule has 8 aromatic rings. The topological polar surface area (TPSA) is 321 Å². The number of hydrogen-bond acceptors (Lipinski definition) is 23. The number of aldehydes is 1. The molecule has 24 nitrogen and oxygen atoms in total. The van der Waals surface area contributed by atoms with Crippen LogP contribution in [0.3, 0.4) is 0 Å². The maximum Gasteiger partial charge on any atom is 0.435 e. The zero-order valence-corrected chi connectivity index (χ0v) is 79.9. The molecule has 0 saturated heterocycles. The Labute approximate surface area is 776 Å². The molecule has 704 valence electrons. The number of aromatic nitrogens is 6. The standard InChI is InChI=1S/C19H13ClF6N2O3.C11H13ClN2O2.C11H8F6.C8H7ClN2O3.C8H6ClNO3.C8H8ClNO2.C7H6ClNO2.3C4H9.C3H3.Sn/c1-9-5-10(7-11(6-9)18(21,22)23)17(19(24,25)26)8-14(28-31-17)13-4-3-12(15(20)27-13)16(29)30-2;1-14(2)7-6-8-4-5-9(10(12)13-8)11(15)16-3;1-6-3-8(7(2)10(12,13)14)5-9(4-6)11(15,16)17;1-14-8(12)6-3-2-5(4-10-13)11-7(6)9;1-13-8(12)6-3-2-5(4-11)10-7(6)9;1-5-3-4-6(7(9)10-5)8(11)12-2;1-4-2-3-5(7(10)11)6(8)9-4;3*1-3-4-2;1-3-2;/h3-7H,8H2,1-2H3;4-7H,1-3H3;3-5H,2H2,1H3;2-4,13H,1H3;2-4H,1H3;3-4H,1-2H3;2-3H,1H3,(H,10,11);3*1,3-4H2,2H3;1H3;/b;7-6+;;;;;;;;;;. The van der Waals surface area contributed by atoms with E-state index in [0.29, 0.717) is 41.1 Å². The van der Waals surface area contributed by atoms with Gasteiger partial charge in [0.2, 0.25) is 0 Å². The van der Waals surface area contributed by atoms with Crippen molar-refractivity contribution >= 4 is 154 Å². The molecule has 0 spiro atoms. The number of aryl methyl sites for hydroxylation is 4. The number of halogens is 18. The molecule has 7 heterocycles. The van der Waals surface area contributed by atoms with Crippen molar-refractivity contribution in [3.63, 3.8) is 0 Å². The molecular weight excluding hydrogens is 1970 g/mol. The predicted molar refractivity (Wildman–Crippen MR) is 472 cm³/mol. The van der Waals surface area contributed by atoms with E-state index < -0.39 is 119 Å². The van der Waals surface area contributed by atoms with E-state index in [9.17, 15) is 86.2 Å². The molecule has 1 unspecified atom stereocenters. The Morgan fingerprint density at radius 1 is 0.531 bits per heavy atom. The molecule has 0 saturated carbocycles. The van der Waals surface area contributed by atoms with Crippen molar-refractivity contribution < 1.29 is 125 Å². The van der Waals surface area contributed by atoms with Gasteiger partial charge in [0, 0.05) is 37.2 Å². The van der Waals surface area contributed by atoms with Crippen LogP contribution in [-0.2, 0) is 46.5 Å². The van der Waals surface area contributed by atoms with Gasteiger partial charge in [-0.05, 0) is 142 Å². The first-order valence-electron chi connectivity index (χ1n) is 38.2. The fourth-order valence-corrected chi connectivity index (χ4v) is 25.9. The Morgan fingerprint density at radius 3 is 1.25 bits per heavy atom. The molecule has 1 aliphatic heterocycles. The minimum Gasteiger partial charge on any atom is -0.478 e. The number of alkyl halides is 12. The summed E-state index contributed by atoms with van der Waals surface area (Å²) < 4.78 is 187. The number of pyridine rings is 6. The molecule has 43 heteroatoms. The van der Waals surface area contributed by atoms with Crippen LogP contribution in [0, 0.1) is 37.6 Å². The van der Waals surface area contributed by atoms with E-state index in [-0.39, 0.29) is 87.0 Å². The number of carbonyl (C=O) groups excluding carboxylic acids is 6. The number of ether oxygens (including phenoxy) is 5. The summed E-state index contributed by atoms with van der Waals surface area (Å²) in [6.07, 6.45) is -6.69.